The van der Waals surface area contributed by atoms with Gasteiger partial charge in [-0.25, -0.2) is 4.98 Å². The van der Waals surface area contributed by atoms with E-state index in [4.69, 9.17) is 5.73 Å². The predicted octanol–water partition coefficient (Wildman–Crippen LogP) is 1.19. The number of rotatable bonds is 2. The molecule has 58 valence electrons. The Morgan fingerprint density at radius 3 is 3.00 bits per heavy atom. The molecule has 0 aliphatic rings. The summed E-state index contributed by atoms with van der Waals surface area (Å²) in [6.07, 6.45) is 3.41. The molecule has 1 aromatic rings. The summed E-state index contributed by atoms with van der Waals surface area (Å²) in [6.45, 7) is 0.443. The van der Waals surface area contributed by atoms with Gasteiger partial charge in [0.25, 0.3) is 0 Å². The number of pyridine rings is 1. The Morgan fingerprint density at radius 1 is 1.55 bits per heavy atom. The van der Waals surface area contributed by atoms with Crippen LogP contribution in [0, 0.1) is 5.95 Å². The molecule has 0 unspecified atom stereocenters. The van der Waals surface area contributed by atoms with Crippen molar-refractivity contribution in [3.05, 3.63) is 35.9 Å². The summed E-state index contributed by atoms with van der Waals surface area (Å²) in [6, 6.07) is 4.63. The molecule has 2 nitrogen and oxygen atoms in total. The van der Waals surface area contributed by atoms with Crippen LogP contribution in [-0.2, 0) is 0 Å². The number of nitrogens with two attached hydrogens (primary N) is 1. The van der Waals surface area contributed by atoms with Crippen LogP contribution in [0.4, 0.5) is 4.39 Å². The molecule has 11 heavy (non-hydrogen) atoms. The Hall–Kier alpha value is -1.22. The summed E-state index contributed by atoms with van der Waals surface area (Å²) in [5, 5.41) is 0. The van der Waals surface area contributed by atoms with Crippen LogP contribution >= 0.6 is 0 Å². The van der Waals surface area contributed by atoms with Gasteiger partial charge in [0, 0.05) is 6.54 Å². The van der Waals surface area contributed by atoms with Crippen molar-refractivity contribution in [3.63, 3.8) is 0 Å². The molecule has 0 aliphatic heterocycles. The zero-order valence-electron chi connectivity index (χ0n) is 6.00. The molecular weight excluding hydrogens is 143 g/mol. The van der Waals surface area contributed by atoms with Gasteiger partial charge in [-0.1, -0.05) is 12.1 Å². The van der Waals surface area contributed by atoms with Crippen LogP contribution in [0.5, 0.6) is 0 Å². The molecular formula is C8H9FN2. The van der Waals surface area contributed by atoms with Crippen LogP contribution in [-0.4, -0.2) is 11.5 Å². The molecule has 0 saturated carbocycles. The van der Waals surface area contributed by atoms with Crippen molar-refractivity contribution < 1.29 is 4.39 Å². The minimum atomic E-state index is -0.468. The van der Waals surface area contributed by atoms with Crippen molar-refractivity contribution in [1.29, 1.82) is 0 Å². The molecule has 0 atom stereocenters. The highest BCUT2D eigenvalue weighted by molar-refractivity contribution is 5.43. The predicted molar refractivity (Wildman–Crippen MR) is 42.3 cm³/mol. The normalized spacial score (nSPS) is 10.7. The number of hydrogen-bond donors (Lipinski definition) is 1. The first-order valence-electron chi connectivity index (χ1n) is 3.32. The lowest BCUT2D eigenvalue weighted by Crippen LogP contribution is -1.92. The average molecular weight is 152 g/mol. The zero-order valence-corrected chi connectivity index (χ0v) is 6.00. The van der Waals surface area contributed by atoms with Gasteiger partial charge in [0.2, 0.25) is 5.95 Å². The Kier molecular flexibility index (Phi) is 2.74. The summed E-state index contributed by atoms with van der Waals surface area (Å²) in [5.41, 5.74) is 5.80. The van der Waals surface area contributed by atoms with Crippen molar-refractivity contribution in [3.8, 4) is 0 Å². The molecule has 1 heterocycles. The van der Waals surface area contributed by atoms with E-state index in [0.717, 1.165) is 0 Å². The summed E-state index contributed by atoms with van der Waals surface area (Å²) in [4.78, 5) is 3.60. The second kappa shape index (κ2) is 3.83. The summed E-state index contributed by atoms with van der Waals surface area (Å²) < 4.78 is 12.4. The quantitative estimate of drug-likeness (QED) is 0.646. The van der Waals surface area contributed by atoms with E-state index in [1.807, 2.05) is 0 Å². The van der Waals surface area contributed by atoms with E-state index >= 15 is 0 Å². The second-order valence-corrected chi connectivity index (χ2v) is 2.02. The van der Waals surface area contributed by atoms with E-state index in [9.17, 15) is 4.39 Å². The fourth-order valence-corrected chi connectivity index (χ4v) is 0.706. The largest absolute Gasteiger partial charge is 0.327 e. The maximum atomic E-state index is 12.4. The first-order chi connectivity index (χ1) is 5.33. The first kappa shape index (κ1) is 7.88. The highest BCUT2D eigenvalue weighted by Crippen LogP contribution is 1.98. The van der Waals surface area contributed by atoms with Gasteiger partial charge in [0.15, 0.2) is 0 Å². The van der Waals surface area contributed by atoms with Crippen LogP contribution in [0.15, 0.2) is 24.3 Å². The maximum absolute atomic E-state index is 12.4. The van der Waals surface area contributed by atoms with Crippen LogP contribution in [0.25, 0.3) is 6.08 Å². The molecule has 1 aromatic heterocycles. The third kappa shape index (κ3) is 2.47. The summed E-state index contributed by atoms with van der Waals surface area (Å²) in [5.74, 6) is -0.468. The summed E-state index contributed by atoms with van der Waals surface area (Å²) >= 11 is 0. The van der Waals surface area contributed by atoms with Crippen molar-refractivity contribution in [2.45, 2.75) is 0 Å². The molecule has 0 amide bonds. The highest BCUT2D eigenvalue weighted by Gasteiger charge is 1.89. The van der Waals surface area contributed by atoms with Gasteiger partial charge in [-0.05, 0) is 18.2 Å². The minimum Gasteiger partial charge on any atom is -0.327 e. The standard InChI is InChI=1S/C8H9FN2/c9-8-5-1-3-7(11-8)4-2-6-10/h1-5H,6,10H2. The number of halogens is 1. The number of hydrogen-bond acceptors (Lipinski definition) is 2. The van der Waals surface area contributed by atoms with Gasteiger partial charge >= 0.3 is 0 Å². The van der Waals surface area contributed by atoms with Crippen molar-refractivity contribution in [1.82, 2.24) is 4.98 Å². The van der Waals surface area contributed by atoms with E-state index in [1.165, 1.54) is 6.07 Å². The second-order valence-electron chi connectivity index (χ2n) is 2.02. The van der Waals surface area contributed by atoms with Gasteiger partial charge in [-0.2, -0.15) is 4.39 Å². The molecule has 0 spiro atoms. The van der Waals surface area contributed by atoms with Gasteiger partial charge < -0.3 is 5.73 Å². The zero-order chi connectivity index (χ0) is 8.10. The Bertz CT molecular complexity index is 258. The monoisotopic (exact) mass is 152 g/mol. The van der Waals surface area contributed by atoms with Gasteiger partial charge in [-0.15, -0.1) is 0 Å². The lowest BCUT2D eigenvalue weighted by atomic mass is 10.3. The lowest BCUT2D eigenvalue weighted by molar-refractivity contribution is 0.583. The molecule has 0 bridgehead atoms. The summed E-state index contributed by atoms with van der Waals surface area (Å²) in [7, 11) is 0. The molecule has 2 N–H and O–H groups in total. The van der Waals surface area contributed by atoms with Crippen molar-refractivity contribution in [2.24, 2.45) is 5.73 Å². The van der Waals surface area contributed by atoms with Crippen LogP contribution in [0.2, 0.25) is 0 Å². The average Bonchev–Trinajstić information content (AvgIpc) is 2.01. The first-order valence-corrected chi connectivity index (χ1v) is 3.32. The van der Waals surface area contributed by atoms with Crippen molar-refractivity contribution >= 4 is 6.08 Å². The smallest absolute Gasteiger partial charge is 0.213 e. The lowest BCUT2D eigenvalue weighted by Gasteiger charge is -1.90. The highest BCUT2D eigenvalue weighted by atomic mass is 19.1. The molecule has 1 rings (SSSR count). The Balaban J connectivity index is 2.79. The van der Waals surface area contributed by atoms with Crippen LogP contribution in [0.1, 0.15) is 5.69 Å². The SMILES string of the molecule is NCC=Cc1cccc(F)n1. The minimum absolute atomic E-state index is 0.443. The van der Waals surface area contributed by atoms with E-state index in [-0.39, 0.29) is 0 Å². The topological polar surface area (TPSA) is 38.9 Å². The van der Waals surface area contributed by atoms with E-state index in [2.05, 4.69) is 4.98 Å². The molecule has 0 aromatic carbocycles. The fraction of sp³-hybridized carbons (Fsp3) is 0.125. The Labute approximate surface area is 64.6 Å². The molecule has 0 fully saturated rings. The van der Waals surface area contributed by atoms with Crippen LogP contribution in [0.3, 0.4) is 0 Å². The van der Waals surface area contributed by atoms with Gasteiger partial charge in [0.1, 0.15) is 0 Å². The van der Waals surface area contributed by atoms with Crippen LogP contribution < -0.4 is 5.73 Å². The Morgan fingerprint density at radius 2 is 2.36 bits per heavy atom. The third-order valence-corrected chi connectivity index (χ3v) is 1.16. The van der Waals surface area contributed by atoms with E-state index < -0.39 is 5.95 Å². The van der Waals surface area contributed by atoms with E-state index in [1.54, 1.807) is 24.3 Å². The molecule has 0 saturated heterocycles. The molecule has 3 heteroatoms. The fourth-order valence-electron chi connectivity index (χ4n) is 0.706. The van der Waals surface area contributed by atoms with Gasteiger partial charge in [0.05, 0.1) is 5.69 Å². The third-order valence-electron chi connectivity index (χ3n) is 1.16. The number of nitrogens with zero attached hydrogens (tertiary/aromatic N) is 1. The number of aromatic nitrogens is 1. The molecule has 0 aliphatic carbocycles. The van der Waals surface area contributed by atoms with E-state index in [0.29, 0.717) is 12.2 Å². The van der Waals surface area contributed by atoms with Crippen molar-refractivity contribution in [2.75, 3.05) is 6.54 Å². The maximum Gasteiger partial charge on any atom is 0.213 e. The molecule has 0 radical (unpaired) electrons. The van der Waals surface area contributed by atoms with Gasteiger partial charge in [-0.3, -0.25) is 0 Å².